The van der Waals surface area contributed by atoms with E-state index in [2.05, 4.69) is 15.8 Å². The van der Waals surface area contributed by atoms with Gasteiger partial charge in [0.05, 0.1) is 5.56 Å². The minimum absolute atomic E-state index is 0.104. The molecule has 0 radical (unpaired) electrons. The van der Waals surface area contributed by atoms with Crippen molar-refractivity contribution < 1.29 is 14.4 Å². The number of rotatable bonds is 3. The molecule has 1 aliphatic heterocycles. The van der Waals surface area contributed by atoms with Gasteiger partial charge in [0.1, 0.15) is 0 Å². The number of hydrazine groups is 1. The van der Waals surface area contributed by atoms with Gasteiger partial charge in [-0.15, -0.1) is 0 Å². The van der Waals surface area contributed by atoms with Crippen LogP contribution in [-0.2, 0) is 4.79 Å². The Balaban J connectivity index is 1.59. The average Bonchev–Trinajstić information content (AvgIpc) is 2.67. The van der Waals surface area contributed by atoms with E-state index in [0.717, 1.165) is 18.5 Å². The monoisotopic (exact) mass is 338 g/mol. The first-order valence-electron chi connectivity index (χ1n) is 8.06. The van der Waals surface area contributed by atoms with Crippen molar-refractivity contribution in [3.8, 4) is 0 Å². The highest BCUT2D eigenvalue weighted by Gasteiger charge is 2.19. The predicted octanol–water partition coefficient (Wildman–Crippen LogP) is 1.67. The lowest BCUT2D eigenvalue weighted by Crippen LogP contribution is -2.41. The number of hydrogen-bond donors (Lipinski definition) is 2. The fourth-order valence-corrected chi connectivity index (χ4v) is 2.63. The van der Waals surface area contributed by atoms with Crippen molar-refractivity contribution in [3.63, 3.8) is 0 Å². The second-order valence-electron chi connectivity index (χ2n) is 5.70. The molecular formula is C18H18N4O3. The van der Waals surface area contributed by atoms with Crippen molar-refractivity contribution >= 4 is 23.4 Å². The molecule has 0 atom stereocenters. The van der Waals surface area contributed by atoms with Gasteiger partial charge in [0.2, 0.25) is 5.91 Å². The molecule has 0 spiro atoms. The number of pyridine rings is 1. The van der Waals surface area contributed by atoms with Gasteiger partial charge in [-0.1, -0.05) is 0 Å². The van der Waals surface area contributed by atoms with Crippen molar-refractivity contribution in [3.05, 3.63) is 59.9 Å². The lowest BCUT2D eigenvalue weighted by molar-refractivity contribution is -0.119. The number of nitrogens with one attached hydrogen (secondary N) is 2. The molecule has 25 heavy (non-hydrogen) atoms. The quantitative estimate of drug-likeness (QED) is 0.833. The molecule has 1 aliphatic rings. The van der Waals surface area contributed by atoms with E-state index in [1.807, 2.05) is 0 Å². The minimum atomic E-state index is -0.447. The zero-order valence-corrected chi connectivity index (χ0v) is 13.6. The Morgan fingerprint density at radius 3 is 2.32 bits per heavy atom. The average molecular weight is 338 g/mol. The second-order valence-corrected chi connectivity index (χ2v) is 5.70. The lowest BCUT2D eigenvalue weighted by atomic mass is 10.1. The van der Waals surface area contributed by atoms with Crippen LogP contribution in [0.5, 0.6) is 0 Å². The van der Waals surface area contributed by atoms with Gasteiger partial charge < -0.3 is 4.90 Å². The third-order valence-corrected chi connectivity index (χ3v) is 3.98. The van der Waals surface area contributed by atoms with Crippen LogP contribution in [0.1, 0.15) is 40.0 Å². The zero-order valence-electron chi connectivity index (χ0n) is 13.6. The molecule has 3 rings (SSSR count). The number of anilines is 1. The van der Waals surface area contributed by atoms with Gasteiger partial charge in [0, 0.05) is 36.6 Å². The van der Waals surface area contributed by atoms with Crippen LogP contribution in [0, 0.1) is 0 Å². The van der Waals surface area contributed by atoms with Crippen molar-refractivity contribution in [2.24, 2.45) is 0 Å². The number of amides is 3. The first-order chi connectivity index (χ1) is 12.1. The number of nitrogens with zero attached hydrogens (tertiary/aromatic N) is 2. The summed E-state index contributed by atoms with van der Waals surface area (Å²) in [5, 5.41) is 0. The summed E-state index contributed by atoms with van der Waals surface area (Å²) in [6.45, 7) is 0.700. The maximum absolute atomic E-state index is 12.1. The van der Waals surface area contributed by atoms with Crippen molar-refractivity contribution in [1.82, 2.24) is 15.8 Å². The van der Waals surface area contributed by atoms with Crippen LogP contribution in [0.4, 0.5) is 5.69 Å². The van der Waals surface area contributed by atoms with Gasteiger partial charge in [-0.05, 0) is 49.2 Å². The highest BCUT2D eigenvalue weighted by molar-refractivity contribution is 5.99. The Labute approximate surface area is 145 Å². The molecule has 3 amide bonds. The molecule has 0 aliphatic carbocycles. The van der Waals surface area contributed by atoms with Crippen molar-refractivity contribution in [2.45, 2.75) is 19.3 Å². The molecule has 2 N–H and O–H groups in total. The van der Waals surface area contributed by atoms with Crippen LogP contribution in [0.15, 0.2) is 48.8 Å². The molecular weight excluding hydrogens is 320 g/mol. The van der Waals surface area contributed by atoms with E-state index in [1.54, 1.807) is 47.5 Å². The van der Waals surface area contributed by atoms with Gasteiger partial charge in [-0.2, -0.15) is 0 Å². The van der Waals surface area contributed by atoms with Gasteiger partial charge in [-0.3, -0.25) is 30.2 Å². The number of benzene rings is 1. The molecule has 1 saturated heterocycles. The molecule has 0 saturated carbocycles. The van der Waals surface area contributed by atoms with Crippen molar-refractivity contribution in [2.75, 3.05) is 11.4 Å². The molecule has 7 heteroatoms. The maximum Gasteiger partial charge on any atom is 0.271 e. The summed E-state index contributed by atoms with van der Waals surface area (Å²) in [4.78, 5) is 41.5. The standard InChI is InChI=1S/C18H18N4O3/c23-16-5-1-2-11-22(16)15-8-6-13(7-9-15)17(24)20-21-18(25)14-4-3-10-19-12-14/h3-4,6-10,12H,1-2,5,11H2,(H,20,24)(H,21,25). The zero-order chi connectivity index (χ0) is 17.6. The van der Waals surface area contributed by atoms with E-state index in [0.29, 0.717) is 24.1 Å². The number of aromatic nitrogens is 1. The first-order valence-corrected chi connectivity index (χ1v) is 8.06. The highest BCUT2D eigenvalue weighted by Crippen LogP contribution is 2.21. The molecule has 1 fully saturated rings. The van der Waals surface area contributed by atoms with Crippen LogP contribution in [0.25, 0.3) is 0 Å². The topological polar surface area (TPSA) is 91.4 Å². The predicted molar refractivity (Wildman–Crippen MR) is 91.8 cm³/mol. The smallest absolute Gasteiger partial charge is 0.271 e. The SMILES string of the molecule is O=C(NNC(=O)c1cccnc1)c1ccc(N2CCCCC2=O)cc1. The summed E-state index contributed by atoms with van der Waals surface area (Å²) in [5.74, 6) is -0.780. The van der Waals surface area contributed by atoms with Gasteiger partial charge in [0.25, 0.3) is 11.8 Å². The Hall–Kier alpha value is -3.22. The molecule has 128 valence electrons. The summed E-state index contributed by atoms with van der Waals surface area (Å²) in [7, 11) is 0. The van der Waals surface area contributed by atoms with E-state index in [4.69, 9.17) is 0 Å². The van der Waals surface area contributed by atoms with Crippen LogP contribution in [0.2, 0.25) is 0 Å². The molecule has 1 aromatic carbocycles. The molecule has 2 aromatic rings. The van der Waals surface area contributed by atoms with Crippen molar-refractivity contribution in [1.29, 1.82) is 0 Å². The van der Waals surface area contributed by atoms with Crippen LogP contribution in [-0.4, -0.2) is 29.3 Å². The lowest BCUT2D eigenvalue weighted by Gasteiger charge is -2.26. The van der Waals surface area contributed by atoms with Gasteiger partial charge in [0.15, 0.2) is 0 Å². The Morgan fingerprint density at radius 1 is 0.960 bits per heavy atom. The molecule has 0 bridgehead atoms. The summed E-state index contributed by atoms with van der Waals surface area (Å²) in [5.41, 5.74) is 6.21. The summed E-state index contributed by atoms with van der Waals surface area (Å²) >= 11 is 0. The summed E-state index contributed by atoms with van der Waals surface area (Å²) in [6.07, 6.45) is 5.43. The number of piperidine rings is 1. The summed E-state index contributed by atoms with van der Waals surface area (Å²) in [6, 6.07) is 9.96. The summed E-state index contributed by atoms with van der Waals surface area (Å²) < 4.78 is 0. The number of carbonyl (C=O) groups is 3. The fraction of sp³-hybridized carbons (Fsp3) is 0.222. The van der Waals surface area contributed by atoms with E-state index in [1.165, 1.54) is 6.20 Å². The van der Waals surface area contributed by atoms with Crippen LogP contribution >= 0.6 is 0 Å². The van der Waals surface area contributed by atoms with E-state index < -0.39 is 11.8 Å². The second kappa shape index (κ2) is 7.57. The van der Waals surface area contributed by atoms with Gasteiger partial charge in [-0.25, -0.2) is 0 Å². The fourth-order valence-electron chi connectivity index (χ4n) is 2.63. The largest absolute Gasteiger partial charge is 0.312 e. The highest BCUT2D eigenvalue weighted by atomic mass is 16.2. The molecule has 0 unspecified atom stereocenters. The third kappa shape index (κ3) is 4.00. The molecule has 1 aromatic heterocycles. The Bertz CT molecular complexity index is 775. The van der Waals surface area contributed by atoms with E-state index in [-0.39, 0.29) is 5.91 Å². The Kier molecular flexibility index (Phi) is 5.03. The minimum Gasteiger partial charge on any atom is -0.312 e. The maximum atomic E-state index is 12.1. The first kappa shape index (κ1) is 16.6. The van der Waals surface area contributed by atoms with E-state index in [9.17, 15) is 14.4 Å². The molecule has 2 heterocycles. The van der Waals surface area contributed by atoms with Crippen LogP contribution in [0.3, 0.4) is 0 Å². The van der Waals surface area contributed by atoms with E-state index >= 15 is 0 Å². The third-order valence-electron chi connectivity index (χ3n) is 3.98. The Morgan fingerprint density at radius 2 is 1.68 bits per heavy atom. The van der Waals surface area contributed by atoms with Crippen LogP contribution < -0.4 is 15.8 Å². The molecule has 7 nitrogen and oxygen atoms in total. The van der Waals surface area contributed by atoms with Gasteiger partial charge >= 0.3 is 0 Å². The number of carbonyl (C=O) groups excluding carboxylic acids is 3. The normalized spacial score (nSPS) is 14.1. The number of hydrogen-bond acceptors (Lipinski definition) is 4.